The van der Waals surface area contributed by atoms with Gasteiger partial charge in [-0.2, -0.15) is 0 Å². The van der Waals surface area contributed by atoms with E-state index < -0.39 is 0 Å². The number of rotatable bonds is 5. The van der Waals surface area contributed by atoms with Crippen molar-refractivity contribution in [2.75, 3.05) is 26.9 Å². The van der Waals surface area contributed by atoms with Crippen LogP contribution in [0.4, 0.5) is 0 Å². The minimum atomic E-state index is 0. The summed E-state index contributed by atoms with van der Waals surface area (Å²) in [5.74, 6) is 1.54. The minimum absolute atomic E-state index is 0. The molecule has 2 aliphatic rings. The smallest absolute Gasteiger partial charge is 0.123 e. The second-order valence-corrected chi connectivity index (χ2v) is 6.61. The second-order valence-electron chi connectivity index (χ2n) is 6.17. The molecule has 0 amide bonds. The maximum absolute atomic E-state index is 6.11. The standard InChI is InChI=1S/C17H25ClN2O2.ClH/c1-21-17-6-5-13(18)9-12(17)10-20-15-4-2-3-14(15)16-11-22-8-7-19-16;/h5-6,9,14-16,19-20H,2-4,7-8,10-11H2,1H3;1H. The summed E-state index contributed by atoms with van der Waals surface area (Å²) in [5, 5.41) is 8.08. The molecule has 6 heteroatoms. The number of hydrogen-bond acceptors (Lipinski definition) is 4. The van der Waals surface area contributed by atoms with Crippen LogP contribution < -0.4 is 15.4 Å². The monoisotopic (exact) mass is 360 g/mol. The van der Waals surface area contributed by atoms with Crippen LogP contribution in [0.5, 0.6) is 5.75 Å². The molecule has 1 saturated carbocycles. The molecule has 1 aromatic carbocycles. The third-order valence-electron chi connectivity index (χ3n) is 4.83. The molecule has 2 fully saturated rings. The van der Waals surface area contributed by atoms with Crippen molar-refractivity contribution in [2.45, 2.75) is 37.9 Å². The Morgan fingerprint density at radius 3 is 3.00 bits per heavy atom. The van der Waals surface area contributed by atoms with Gasteiger partial charge in [0.1, 0.15) is 5.75 Å². The van der Waals surface area contributed by atoms with Crippen molar-refractivity contribution in [1.29, 1.82) is 0 Å². The van der Waals surface area contributed by atoms with E-state index in [1.165, 1.54) is 19.3 Å². The molecule has 2 N–H and O–H groups in total. The van der Waals surface area contributed by atoms with Crippen molar-refractivity contribution in [3.8, 4) is 5.75 Å². The van der Waals surface area contributed by atoms with E-state index in [9.17, 15) is 0 Å². The molecule has 3 unspecified atom stereocenters. The summed E-state index contributed by atoms with van der Waals surface area (Å²) in [7, 11) is 1.70. The SMILES string of the molecule is COc1ccc(Cl)cc1CNC1CCCC1C1COCCN1.Cl. The molecule has 0 bridgehead atoms. The molecule has 3 atom stereocenters. The van der Waals surface area contributed by atoms with Gasteiger partial charge in [-0.3, -0.25) is 0 Å². The summed E-state index contributed by atoms with van der Waals surface area (Å²) in [5.41, 5.74) is 1.12. The summed E-state index contributed by atoms with van der Waals surface area (Å²) < 4.78 is 11.1. The number of methoxy groups -OCH3 is 1. The molecule has 130 valence electrons. The van der Waals surface area contributed by atoms with E-state index in [0.717, 1.165) is 42.6 Å². The number of ether oxygens (including phenoxy) is 2. The predicted octanol–water partition coefficient (Wildman–Crippen LogP) is 3.02. The first-order chi connectivity index (χ1) is 10.8. The molecular weight excluding hydrogens is 335 g/mol. The highest BCUT2D eigenvalue weighted by Gasteiger charge is 2.34. The van der Waals surface area contributed by atoms with Crippen molar-refractivity contribution >= 4 is 24.0 Å². The number of morpholine rings is 1. The van der Waals surface area contributed by atoms with Gasteiger partial charge >= 0.3 is 0 Å². The quantitative estimate of drug-likeness (QED) is 0.846. The zero-order valence-corrected chi connectivity index (χ0v) is 15.1. The number of halogens is 2. The Labute approximate surface area is 149 Å². The molecule has 1 aromatic rings. The van der Waals surface area contributed by atoms with E-state index in [1.54, 1.807) is 7.11 Å². The van der Waals surface area contributed by atoms with Gasteiger partial charge < -0.3 is 20.1 Å². The van der Waals surface area contributed by atoms with Gasteiger partial charge in [-0.15, -0.1) is 12.4 Å². The third kappa shape index (κ3) is 4.74. The maximum Gasteiger partial charge on any atom is 0.123 e. The Morgan fingerprint density at radius 1 is 1.39 bits per heavy atom. The first kappa shape index (κ1) is 18.8. The van der Waals surface area contributed by atoms with Gasteiger partial charge in [0.05, 0.1) is 20.3 Å². The predicted molar refractivity (Wildman–Crippen MR) is 95.8 cm³/mol. The third-order valence-corrected chi connectivity index (χ3v) is 5.07. The van der Waals surface area contributed by atoms with Gasteiger partial charge in [-0.1, -0.05) is 18.0 Å². The molecule has 1 heterocycles. The summed E-state index contributed by atoms with van der Waals surface area (Å²) >= 11 is 6.11. The number of benzene rings is 1. The van der Waals surface area contributed by atoms with Gasteiger partial charge in [0.2, 0.25) is 0 Å². The summed E-state index contributed by atoms with van der Waals surface area (Å²) in [6.45, 7) is 3.43. The van der Waals surface area contributed by atoms with Crippen LogP contribution in [0.2, 0.25) is 5.02 Å². The van der Waals surface area contributed by atoms with Crippen LogP contribution in [-0.4, -0.2) is 39.0 Å². The van der Waals surface area contributed by atoms with Crippen LogP contribution in [0, 0.1) is 5.92 Å². The maximum atomic E-state index is 6.11. The molecule has 1 aliphatic heterocycles. The van der Waals surface area contributed by atoms with Crippen molar-refractivity contribution in [2.24, 2.45) is 5.92 Å². The molecule has 1 aliphatic carbocycles. The zero-order chi connectivity index (χ0) is 15.4. The first-order valence-electron chi connectivity index (χ1n) is 8.15. The van der Waals surface area contributed by atoms with E-state index >= 15 is 0 Å². The Morgan fingerprint density at radius 2 is 2.26 bits per heavy atom. The van der Waals surface area contributed by atoms with Crippen LogP contribution in [0.1, 0.15) is 24.8 Å². The largest absolute Gasteiger partial charge is 0.496 e. The van der Waals surface area contributed by atoms with Crippen molar-refractivity contribution < 1.29 is 9.47 Å². The molecule has 3 rings (SSSR count). The Hall–Kier alpha value is -0.520. The molecule has 1 saturated heterocycles. The number of nitrogens with one attached hydrogen (secondary N) is 2. The number of hydrogen-bond donors (Lipinski definition) is 2. The van der Waals surface area contributed by atoms with E-state index in [2.05, 4.69) is 10.6 Å². The summed E-state index contributed by atoms with van der Waals surface area (Å²) in [6.07, 6.45) is 3.78. The summed E-state index contributed by atoms with van der Waals surface area (Å²) in [6, 6.07) is 6.80. The minimum Gasteiger partial charge on any atom is -0.496 e. The fraction of sp³-hybridized carbons (Fsp3) is 0.647. The highest BCUT2D eigenvalue weighted by molar-refractivity contribution is 6.30. The van der Waals surface area contributed by atoms with Gasteiger partial charge in [0.15, 0.2) is 0 Å². The van der Waals surface area contributed by atoms with Gasteiger partial charge in [0.25, 0.3) is 0 Å². The lowest BCUT2D eigenvalue weighted by molar-refractivity contribution is 0.0524. The second kappa shape index (κ2) is 9.09. The zero-order valence-electron chi connectivity index (χ0n) is 13.5. The van der Waals surface area contributed by atoms with E-state index in [0.29, 0.717) is 18.0 Å². The lowest BCUT2D eigenvalue weighted by Crippen LogP contribution is -2.50. The van der Waals surface area contributed by atoms with Crippen molar-refractivity contribution in [3.63, 3.8) is 0 Å². The van der Waals surface area contributed by atoms with Gasteiger partial charge in [-0.05, 0) is 37.0 Å². The Balaban J connectivity index is 0.00000192. The normalized spacial score (nSPS) is 27.5. The highest BCUT2D eigenvalue weighted by atomic mass is 35.5. The molecule has 0 aromatic heterocycles. The lowest BCUT2D eigenvalue weighted by atomic mass is 9.94. The average Bonchev–Trinajstić information content (AvgIpc) is 3.02. The van der Waals surface area contributed by atoms with E-state index in [4.69, 9.17) is 21.1 Å². The van der Waals surface area contributed by atoms with Gasteiger partial charge in [-0.25, -0.2) is 0 Å². The fourth-order valence-electron chi connectivity index (χ4n) is 3.71. The molecule has 23 heavy (non-hydrogen) atoms. The highest BCUT2D eigenvalue weighted by Crippen LogP contribution is 2.30. The first-order valence-corrected chi connectivity index (χ1v) is 8.52. The van der Waals surface area contributed by atoms with Crippen LogP contribution in [0.25, 0.3) is 0 Å². The van der Waals surface area contributed by atoms with Crippen LogP contribution in [-0.2, 0) is 11.3 Å². The van der Waals surface area contributed by atoms with Crippen molar-refractivity contribution in [3.05, 3.63) is 28.8 Å². The van der Waals surface area contributed by atoms with Crippen molar-refractivity contribution in [1.82, 2.24) is 10.6 Å². The topological polar surface area (TPSA) is 42.5 Å². The van der Waals surface area contributed by atoms with E-state index in [-0.39, 0.29) is 12.4 Å². The van der Waals surface area contributed by atoms with Crippen LogP contribution in [0.15, 0.2) is 18.2 Å². The molecule has 0 spiro atoms. The summed E-state index contributed by atoms with van der Waals surface area (Å²) in [4.78, 5) is 0. The molecule has 4 nitrogen and oxygen atoms in total. The Bertz CT molecular complexity index is 495. The Kier molecular flexibility index (Phi) is 7.44. The van der Waals surface area contributed by atoms with Crippen LogP contribution >= 0.6 is 24.0 Å². The molecule has 0 radical (unpaired) electrons. The van der Waals surface area contributed by atoms with E-state index in [1.807, 2.05) is 18.2 Å². The average molecular weight is 361 g/mol. The van der Waals surface area contributed by atoms with Crippen LogP contribution in [0.3, 0.4) is 0 Å². The fourth-order valence-corrected chi connectivity index (χ4v) is 3.91. The van der Waals surface area contributed by atoms with Gasteiger partial charge in [0, 0.05) is 35.8 Å². The lowest BCUT2D eigenvalue weighted by Gasteiger charge is -2.33. The molecular formula is C17H26Cl2N2O2.